The number of nitrogens with two attached hydrogens (primary N) is 1. The Kier molecular flexibility index (Phi) is 6.47. The van der Waals surface area contributed by atoms with E-state index in [-0.39, 0.29) is 18.2 Å². The van der Waals surface area contributed by atoms with Crippen LogP contribution in [-0.2, 0) is 6.54 Å². The van der Waals surface area contributed by atoms with Gasteiger partial charge in [0.15, 0.2) is 0 Å². The van der Waals surface area contributed by atoms with Crippen LogP contribution in [0.2, 0.25) is 0 Å². The highest BCUT2D eigenvalue weighted by molar-refractivity contribution is 6.30. The summed E-state index contributed by atoms with van der Waals surface area (Å²) < 4.78 is 36.5. The molecule has 6 unspecified atom stereocenters. The lowest BCUT2D eigenvalue weighted by Crippen LogP contribution is -2.30. The van der Waals surface area contributed by atoms with Crippen molar-refractivity contribution in [3.63, 3.8) is 0 Å². The average Bonchev–Trinajstić information content (AvgIpc) is 3.45. The van der Waals surface area contributed by atoms with Crippen LogP contribution >= 0.6 is 11.6 Å². The van der Waals surface area contributed by atoms with E-state index >= 15 is 0 Å². The average molecular weight is 614 g/mol. The summed E-state index contributed by atoms with van der Waals surface area (Å²) in [5.41, 5.74) is 4.89. The zero-order valence-corrected chi connectivity index (χ0v) is 25.5. The first kappa shape index (κ1) is 27.9. The van der Waals surface area contributed by atoms with E-state index in [1.165, 1.54) is 41.6 Å². The highest BCUT2D eigenvalue weighted by Gasteiger charge is 2.63. The summed E-state index contributed by atoms with van der Waals surface area (Å²) in [5, 5.41) is 2.04. The van der Waals surface area contributed by atoms with Crippen LogP contribution in [0.15, 0.2) is 64.8 Å². The van der Waals surface area contributed by atoms with Gasteiger partial charge in [-0.3, -0.25) is 4.99 Å². The zero-order chi connectivity index (χ0) is 30.3. The fourth-order valence-corrected chi connectivity index (χ4v) is 8.41. The zero-order valence-electron chi connectivity index (χ0n) is 24.7. The fraction of sp³-hybridized carbons (Fsp3) is 0.400. The SMILES string of the molecule is CCC1c2ccc(N(N)c3ncc4c(n3)C3=CC=C(Cl)CC3C(c3c(F)cccc3F)=NC4)cc2OC1CC1CC2(C)CC12. The lowest BCUT2D eigenvalue weighted by Gasteiger charge is -2.34. The molecule has 0 bridgehead atoms. The van der Waals surface area contributed by atoms with Crippen LogP contribution in [0.4, 0.5) is 20.4 Å². The van der Waals surface area contributed by atoms with Crippen molar-refractivity contribution in [1.82, 2.24) is 9.97 Å². The largest absolute Gasteiger partial charge is 0.489 e. The molecule has 226 valence electrons. The van der Waals surface area contributed by atoms with Crippen molar-refractivity contribution < 1.29 is 13.5 Å². The molecule has 9 heteroatoms. The maximum atomic E-state index is 14.9. The lowest BCUT2D eigenvalue weighted by atomic mass is 9.72. The molecule has 44 heavy (non-hydrogen) atoms. The van der Waals surface area contributed by atoms with Crippen LogP contribution in [-0.4, -0.2) is 21.8 Å². The standard InChI is InChI=1S/C35H34ClF2N5O/c1-3-22-23-10-8-21(13-30(23)44-29(22)11-18-14-35(2)15-26(18)35)43(39)34-41-17-19-16-40-33(31-27(37)5-4-6-28(31)38)25-12-20(36)7-9-24(25)32(19)42-34/h4-10,13,17-18,22,25-26,29H,3,11-12,14-16,39H2,1-2H3. The topological polar surface area (TPSA) is 76.6 Å². The molecule has 3 aromatic rings. The van der Waals surface area contributed by atoms with Crippen molar-refractivity contribution in [1.29, 1.82) is 0 Å². The van der Waals surface area contributed by atoms with Gasteiger partial charge in [0.05, 0.1) is 29.2 Å². The number of allylic oxidation sites excluding steroid dienone is 4. The molecule has 2 saturated carbocycles. The molecule has 6 nitrogen and oxygen atoms in total. The van der Waals surface area contributed by atoms with Gasteiger partial charge in [0, 0.05) is 40.3 Å². The van der Waals surface area contributed by atoms with E-state index in [2.05, 4.69) is 29.9 Å². The maximum absolute atomic E-state index is 14.9. The molecule has 5 aliphatic rings. The normalized spacial score (nSPS) is 29.4. The molecule has 2 aromatic carbocycles. The minimum Gasteiger partial charge on any atom is -0.489 e. The van der Waals surface area contributed by atoms with Gasteiger partial charge in [-0.15, -0.1) is 0 Å². The molecule has 6 atom stereocenters. The third-order valence-corrected chi connectivity index (χ3v) is 10.9. The van der Waals surface area contributed by atoms with E-state index in [4.69, 9.17) is 27.2 Å². The Bertz CT molecular complexity index is 1770. The number of fused-ring (bicyclic) bond motifs is 5. The first-order chi connectivity index (χ1) is 21.2. The molecular formula is C35H34ClF2N5O. The Labute approximate surface area is 260 Å². The fourth-order valence-electron chi connectivity index (χ4n) is 8.19. The van der Waals surface area contributed by atoms with E-state index in [0.29, 0.717) is 45.8 Å². The van der Waals surface area contributed by atoms with E-state index < -0.39 is 17.6 Å². The minimum absolute atomic E-state index is 0.138. The second kappa shape index (κ2) is 10.2. The first-order valence-electron chi connectivity index (χ1n) is 15.5. The van der Waals surface area contributed by atoms with Crippen molar-refractivity contribution in [2.45, 2.75) is 64.5 Å². The smallest absolute Gasteiger partial charge is 0.245 e. The van der Waals surface area contributed by atoms with Gasteiger partial charge in [0.2, 0.25) is 5.95 Å². The molecule has 0 amide bonds. The third-order valence-electron chi connectivity index (χ3n) is 10.6. The Hall–Kier alpha value is -3.62. The molecule has 3 heterocycles. The summed E-state index contributed by atoms with van der Waals surface area (Å²) in [7, 11) is 0. The van der Waals surface area contributed by atoms with Crippen molar-refractivity contribution in [3.8, 4) is 5.75 Å². The number of ether oxygens (including phenoxy) is 1. The van der Waals surface area contributed by atoms with Crippen molar-refractivity contribution in [2.75, 3.05) is 5.01 Å². The van der Waals surface area contributed by atoms with Crippen LogP contribution < -0.4 is 15.6 Å². The minimum atomic E-state index is -0.662. The number of hydrazine groups is 1. The summed E-state index contributed by atoms with van der Waals surface area (Å²) in [6.45, 7) is 4.81. The van der Waals surface area contributed by atoms with Gasteiger partial charge in [0.1, 0.15) is 23.5 Å². The predicted octanol–water partition coefficient (Wildman–Crippen LogP) is 7.99. The maximum Gasteiger partial charge on any atom is 0.245 e. The molecule has 0 spiro atoms. The summed E-state index contributed by atoms with van der Waals surface area (Å²) in [6, 6.07) is 9.95. The van der Waals surface area contributed by atoms with Crippen LogP contribution in [0.3, 0.4) is 0 Å². The molecular weight excluding hydrogens is 580 g/mol. The highest BCUT2D eigenvalue weighted by atomic mass is 35.5. The first-order valence-corrected chi connectivity index (χ1v) is 15.9. The third kappa shape index (κ3) is 4.40. The molecule has 2 aliphatic heterocycles. The second-order valence-corrected chi connectivity index (χ2v) is 13.7. The Morgan fingerprint density at radius 1 is 1.14 bits per heavy atom. The number of hydrogen-bond donors (Lipinski definition) is 1. The number of halogens is 3. The molecule has 0 saturated heterocycles. The van der Waals surface area contributed by atoms with Gasteiger partial charge < -0.3 is 4.74 Å². The number of aliphatic imine (C=N–C) groups is 1. The van der Waals surface area contributed by atoms with Gasteiger partial charge in [-0.05, 0) is 79.2 Å². The van der Waals surface area contributed by atoms with Crippen LogP contribution in [0, 0.1) is 34.8 Å². The van der Waals surface area contributed by atoms with Crippen LogP contribution in [0.25, 0.3) is 5.57 Å². The monoisotopic (exact) mass is 613 g/mol. The summed E-state index contributed by atoms with van der Waals surface area (Å²) in [6.07, 6.45) is 10.7. The predicted molar refractivity (Wildman–Crippen MR) is 168 cm³/mol. The molecule has 8 rings (SSSR count). The van der Waals surface area contributed by atoms with Crippen molar-refractivity contribution in [2.24, 2.45) is 34.0 Å². The number of rotatable bonds is 6. The van der Waals surface area contributed by atoms with E-state index in [1.807, 2.05) is 18.2 Å². The van der Waals surface area contributed by atoms with E-state index in [9.17, 15) is 8.78 Å². The second-order valence-electron chi connectivity index (χ2n) is 13.3. The quantitative estimate of drug-likeness (QED) is 0.225. The number of nitrogens with zero attached hydrogens (tertiary/aromatic N) is 4. The Morgan fingerprint density at radius 3 is 2.68 bits per heavy atom. The van der Waals surface area contributed by atoms with Crippen molar-refractivity contribution >= 4 is 34.5 Å². The number of anilines is 2. The van der Waals surface area contributed by atoms with Crippen LogP contribution in [0.1, 0.15) is 74.3 Å². The number of hydrogen-bond acceptors (Lipinski definition) is 6. The molecule has 2 N–H and O–H groups in total. The van der Waals surface area contributed by atoms with Crippen molar-refractivity contribution in [3.05, 3.63) is 93.8 Å². The summed E-state index contributed by atoms with van der Waals surface area (Å²) in [4.78, 5) is 14.2. The van der Waals surface area contributed by atoms with Gasteiger partial charge in [-0.1, -0.05) is 43.7 Å². The lowest BCUT2D eigenvalue weighted by molar-refractivity contribution is 0.103. The van der Waals surface area contributed by atoms with Crippen LogP contribution in [0.5, 0.6) is 5.75 Å². The van der Waals surface area contributed by atoms with Gasteiger partial charge in [-0.2, -0.15) is 0 Å². The Balaban J connectivity index is 1.09. The Morgan fingerprint density at radius 2 is 1.95 bits per heavy atom. The molecule has 1 aromatic heterocycles. The molecule has 3 aliphatic carbocycles. The van der Waals surface area contributed by atoms with Gasteiger partial charge in [0.25, 0.3) is 0 Å². The number of benzene rings is 2. The van der Waals surface area contributed by atoms with Gasteiger partial charge in [-0.25, -0.2) is 29.6 Å². The van der Waals surface area contributed by atoms with Gasteiger partial charge >= 0.3 is 0 Å². The summed E-state index contributed by atoms with van der Waals surface area (Å²) >= 11 is 6.44. The highest BCUT2D eigenvalue weighted by Crippen LogP contribution is 2.71. The molecule has 0 radical (unpaired) electrons. The molecule has 2 fully saturated rings. The van der Waals surface area contributed by atoms with E-state index in [0.717, 1.165) is 41.6 Å². The summed E-state index contributed by atoms with van der Waals surface area (Å²) in [5.74, 6) is 8.06. The number of aromatic nitrogens is 2. The van der Waals surface area contributed by atoms with E-state index in [1.54, 1.807) is 12.3 Å².